The molecule has 0 saturated carbocycles. The van der Waals surface area contributed by atoms with E-state index in [2.05, 4.69) is 27.8 Å². The fraction of sp³-hybridized carbons (Fsp3) is 1.00. The van der Waals surface area contributed by atoms with Crippen LogP contribution < -0.4 is 12.4 Å². The van der Waals surface area contributed by atoms with Gasteiger partial charge in [0.25, 0.3) is 0 Å². The lowest BCUT2D eigenvalue weighted by Crippen LogP contribution is -3.00. The molecule has 0 rings (SSSR count). The predicted molar refractivity (Wildman–Crippen MR) is 84.0 cm³/mol. The molecule has 0 aliphatic heterocycles. The number of unbranched alkanes of at least 4 members (excludes halogenated alkanes) is 9. The number of hydrogen-bond acceptors (Lipinski definition) is 0. The lowest BCUT2D eigenvalue weighted by Gasteiger charge is -2.32. The van der Waals surface area contributed by atoms with E-state index in [4.69, 9.17) is 0 Å². The van der Waals surface area contributed by atoms with E-state index in [-0.39, 0.29) is 12.4 Å². The van der Waals surface area contributed by atoms with Gasteiger partial charge in [-0.25, -0.2) is 0 Å². The van der Waals surface area contributed by atoms with Crippen molar-refractivity contribution in [2.45, 2.75) is 85.0 Å². The van der Waals surface area contributed by atoms with E-state index in [0.29, 0.717) is 0 Å². The number of rotatable bonds is 13. The molecule has 0 heterocycles. The molecule has 0 radical (unpaired) electrons. The van der Waals surface area contributed by atoms with Gasteiger partial charge >= 0.3 is 0 Å². The summed E-state index contributed by atoms with van der Waals surface area (Å²) in [6.07, 6.45) is 14.5. The third-order valence-corrected chi connectivity index (χ3v) is 4.58. The SMILES string of the molecule is CCCCCCCCCCCC[N+](C)(CC)CC.[Cl-]. The molecule has 0 aliphatic rings. The third-order valence-electron chi connectivity index (χ3n) is 4.58. The van der Waals surface area contributed by atoms with Gasteiger partial charge in [0.1, 0.15) is 0 Å². The lowest BCUT2D eigenvalue weighted by molar-refractivity contribution is -0.906. The maximum absolute atomic E-state index is 2.40. The normalized spacial score (nSPS) is 11.4. The number of halogens is 1. The molecule has 0 aromatic carbocycles. The summed E-state index contributed by atoms with van der Waals surface area (Å²) in [7, 11) is 2.40. The summed E-state index contributed by atoms with van der Waals surface area (Å²) in [6.45, 7) is 10.9. The van der Waals surface area contributed by atoms with E-state index in [1.807, 2.05) is 0 Å². The highest BCUT2D eigenvalue weighted by Crippen LogP contribution is 2.12. The van der Waals surface area contributed by atoms with Gasteiger partial charge in [-0.15, -0.1) is 0 Å². The van der Waals surface area contributed by atoms with Crippen LogP contribution in [0.15, 0.2) is 0 Å². The summed E-state index contributed by atoms with van der Waals surface area (Å²) in [5, 5.41) is 0. The lowest BCUT2D eigenvalue weighted by atomic mass is 10.1. The van der Waals surface area contributed by atoms with Crippen LogP contribution in [0.1, 0.15) is 85.0 Å². The molecule has 2 heteroatoms. The smallest absolute Gasteiger partial charge is 0.0784 e. The molecule has 0 saturated heterocycles. The molecule has 0 aromatic rings. The summed E-state index contributed by atoms with van der Waals surface area (Å²) < 4.78 is 1.26. The van der Waals surface area contributed by atoms with E-state index in [1.54, 1.807) is 0 Å². The van der Waals surface area contributed by atoms with Gasteiger partial charge in [-0.1, -0.05) is 58.3 Å². The zero-order valence-corrected chi connectivity index (χ0v) is 14.8. The van der Waals surface area contributed by atoms with E-state index < -0.39 is 0 Å². The van der Waals surface area contributed by atoms with E-state index in [0.717, 1.165) is 0 Å². The highest BCUT2D eigenvalue weighted by molar-refractivity contribution is 4.47. The maximum atomic E-state index is 2.40. The van der Waals surface area contributed by atoms with E-state index >= 15 is 0 Å². The minimum Gasteiger partial charge on any atom is -1.00 e. The summed E-state index contributed by atoms with van der Waals surface area (Å²) >= 11 is 0. The molecule has 0 unspecified atom stereocenters. The molecule has 0 amide bonds. The summed E-state index contributed by atoms with van der Waals surface area (Å²) in [5.74, 6) is 0. The Morgan fingerprint density at radius 2 is 0.947 bits per heavy atom. The highest BCUT2D eigenvalue weighted by atomic mass is 35.5. The van der Waals surface area contributed by atoms with E-state index in [9.17, 15) is 0 Å². The van der Waals surface area contributed by atoms with Crippen molar-refractivity contribution >= 4 is 0 Å². The fourth-order valence-electron chi connectivity index (χ4n) is 2.52. The molecule has 19 heavy (non-hydrogen) atoms. The number of nitrogens with zero attached hydrogens (tertiary/aromatic N) is 1. The standard InChI is InChI=1S/C17H38N.ClH/c1-5-8-9-10-11-12-13-14-15-16-17-18(4,6-2)7-3;/h5-17H2,1-4H3;1H/q+1;/p-1. The van der Waals surface area contributed by atoms with Crippen LogP contribution in [0.4, 0.5) is 0 Å². The zero-order chi connectivity index (χ0) is 13.7. The van der Waals surface area contributed by atoms with Crippen molar-refractivity contribution in [2.75, 3.05) is 26.7 Å². The van der Waals surface area contributed by atoms with Crippen molar-refractivity contribution < 1.29 is 16.9 Å². The van der Waals surface area contributed by atoms with Crippen molar-refractivity contribution in [1.82, 2.24) is 0 Å². The second-order valence-corrected chi connectivity index (χ2v) is 6.16. The Balaban J connectivity index is 0. The Morgan fingerprint density at radius 1 is 0.579 bits per heavy atom. The average Bonchev–Trinajstić information content (AvgIpc) is 2.40. The average molecular weight is 292 g/mol. The molecule has 0 fully saturated rings. The van der Waals surface area contributed by atoms with Crippen LogP contribution in [0, 0.1) is 0 Å². The Kier molecular flexibility index (Phi) is 16.6. The van der Waals surface area contributed by atoms with Gasteiger partial charge in [-0.3, -0.25) is 0 Å². The Labute approximate surface area is 129 Å². The van der Waals surface area contributed by atoms with Gasteiger partial charge in [-0.2, -0.15) is 0 Å². The summed E-state index contributed by atoms with van der Waals surface area (Å²) in [6, 6.07) is 0. The minimum atomic E-state index is 0. The third kappa shape index (κ3) is 13.0. The second-order valence-electron chi connectivity index (χ2n) is 6.16. The predicted octanol–water partition coefficient (Wildman–Crippen LogP) is 2.40. The molecule has 0 aliphatic carbocycles. The first-order chi connectivity index (χ1) is 8.68. The summed E-state index contributed by atoms with van der Waals surface area (Å²) in [4.78, 5) is 0. The molecular formula is C17H38ClN. The van der Waals surface area contributed by atoms with Crippen LogP contribution in [0.2, 0.25) is 0 Å². The molecule has 0 aromatic heterocycles. The quantitative estimate of drug-likeness (QED) is 0.361. The summed E-state index contributed by atoms with van der Waals surface area (Å²) in [5.41, 5.74) is 0. The van der Waals surface area contributed by atoms with Gasteiger partial charge in [0.15, 0.2) is 0 Å². The van der Waals surface area contributed by atoms with Crippen LogP contribution in [-0.4, -0.2) is 31.2 Å². The highest BCUT2D eigenvalue weighted by Gasteiger charge is 2.14. The van der Waals surface area contributed by atoms with Gasteiger partial charge in [0.2, 0.25) is 0 Å². The van der Waals surface area contributed by atoms with Crippen LogP contribution >= 0.6 is 0 Å². The van der Waals surface area contributed by atoms with Crippen LogP contribution in [0.25, 0.3) is 0 Å². The maximum Gasteiger partial charge on any atom is 0.0784 e. The Morgan fingerprint density at radius 3 is 1.32 bits per heavy atom. The van der Waals surface area contributed by atoms with Crippen molar-refractivity contribution in [3.05, 3.63) is 0 Å². The largest absolute Gasteiger partial charge is 1.00 e. The van der Waals surface area contributed by atoms with Crippen molar-refractivity contribution in [1.29, 1.82) is 0 Å². The molecule has 0 bridgehead atoms. The molecule has 0 spiro atoms. The number of quaternary nitrogens is 1. The van der Waals surface area contributed by atoms with Crippen molar-refractivity contribution in [3.63, 3.8) is 0 Å². The first kappa shape index (κ1) is 21.5. The molecular weight excluding hydrogens is 254 g/mol. The minimum absolute atomic E-state index is 0. The first-order valence-corrected chi connectivity index (χ1v) is 8.52. The molecule has 0 N–H and O–H groups in total. The fourth-order valence-corrected chi connectivity index (χ4v) is 2.52. The Bertz CT molecular complexity index is 167. The molecule has 0 atom stereocenters. The first-order valence-electron chi connectivity index (χ1n) is 8.52. The number of hydrogen-bond donors (Lipinski definition) is 0. The van der Waals surface area contributed by atoms with Crippen LogP contribution in [0.5, 0.6) is 0 Å². The Hall–Kier alpha value is 0.250. The van der Waals surface area contributed by atoms with Crippen LogP contribution in [-0.2, 0) is 0 Å². The van der Waals surface area contributed by atoms with Crippen molar-refractivity contribution in [2.24, 2.45) is 0 Å². The molecule has 1 nitrogen and oxygen atoms in total. The van der Waals surface area contributed by atoms with Gasteiger partial charge in [0.05, 0.1) is 26.7 Å². The second kappa shape index (κ2) is 14.7. The van der Waals surface area contributed by atoms with E-state index in [1.165, 1.54) is 88.3 Å². The molecule has 118 valence electrons. The topological polar surface area (TPSA) is 0 Å². The zero-order valence-electron chi connectivity index (χ0n) is 14.0. The van der Waals surface area contributed by atoms with Crippen LogP contribution in [0.3, 0.4) is 0 Å². The van der Waals surface area contributed by atoms with Crippen molar-refractivity contribution in [3.8, 4) is 0 Å². The monoisotopic (exact) mass is 291 g/mol. The van der Waals surface area contributed by atoms with Gasteiger partial charge in [-0.05, 0) is 26.7 Å². The van der Waals surface area contributed by atoms with Gasteiger partial charge < -0.3 is 16.9 Å². The van der Waals surface area contributed by atoms with Gasteiger partial charge in [0, 0.05) is 0 Å².